The predicted octanol–water partition coefficient (Wildman–Crippen LogP) is 6.74. The van der Waals surface area contributed by atoms with Crippen LogP contribution in [0.3, 0.4) is 0 Å². The molecule has 0 aromatic carbocycles. The molecule has 0 spiro atoms. The first-order valence-electron chi connectivity index (χ1n) is 16.1. The van der Waals surface area contributed by atoms with Gasteiger partial charge in [-0.15, -0.1) is 0 Å². The molecule has 1 N–H and O–H groups in total. The number of imidazole rings is 1. The second-order valence-corrected chi connectivity index (χ2v) is 13.5. The van der Waals surface area contributed by atoms with Gasteiger partial charge in [0.15, 0.2) is 0 Å². The fourth-order valence-corrected chi connectivity index (χ4v) is 9.53. The summed E-state index contributed by atoms with van der Waals surface area (Å²) < 4.78 is 2.61. The van der Waals surface area contributed by atoms with Crippen LogP contribution >= 0.6 is 0 Å². The quantitative estimate of drug-likeness (QED) is 0.420. The Morgan fingerprint density at radius 2 is 1.64 bits per heavy atom. The highest BCUT2D eigenvalue weighted by Gasteiger charge is 2.45. The second kappa shape index (κ2) is 11.9. The van der Waals surface area contributed by atoms with E-state index < -0.39 is 5.97 Å². The Labute approximate surface area is 235 Å². The summed E-state index contributed by atoms with van der Waals surface area (Å²) >= 11 is 0. The number of likely N-dealkylation sites (tertiary alicyclic amines) is 1. The maximum atomic E-state index is 11.5. The number of hydrogen-bond donors (Lipinski definition) is 1. The lowest BCUT2D eigenvalue weighted by atomic mass is 9.73. The normalized spacial score (nSPS) is 36.1. The molecule has 214 valence electrons. The van der Waals surface area contributed by atoms with E-state index in [2.05, 4.69) is 40.0 Å². The smallest absolute Gasteiger partial charge is 0.317 e. The molecule has 4 bridgehead atoms. The van der Waals surface area contributed by atoms with Gasteiger partial charge in [0.2, 0.25) is 0 Å². The van der Waals surface area contributed by atoms with E-state index in [1.807, 2.05) is 6.08 Å². The van der Waals surface area contributed by atoms with Gasteiger partial charge in [0.25, 0.3) is 0 Å². The van der Waals surface area contributed by atoms with Crippen molar-refractivity contribution in [2.75, 3.05) is 19.6 Å². The Balaban J connectivity index is 1.29. The van der Waals surface area contributed by atoms with Gasteiger partial charge in [-0.3, -0.25) is 14.6 Å². The second-order valence-electron chi connectivity index (χ2n) is 13.5. The first-order valence-corrected chi connectivity index (χ1v) is 16.1. The molecule has 7 atom stereocenters. The van der Waals surface area contributed by atoms with Crippen LogP contribution in [-0.4, -0.2) is 68.2 Å². The summed E-state index contributed by atoms with van der Waals surface area (Å²) in [5.41, 5.74) is 2.19. The highest BCUT2D eigenvalue weighted by Crippen LogP contribution is 2.48. The zero-order chi connectivity index (χ0) is 26.9. The summed E-state index contributed by atoms with van der Waals surface area (Å²) in [4.78, 5) is 21.9. The lowest BCUT2D eigenvalue weighted by Gasteiger charge is -2.55. The molecule has 2 aliphatic carbocycles. The van der Waals surface area contributed by atoms with Gasteiger partial charge in [0.05, 0.1) is 17.9 Å². The maximum absolute atomic E-state index is 11.5. The number of carboxylic acid groups (broad SMARTS) is 1. The van der Waals surface area contributed by atoms with Crippen molar-refractivity contribution in [1.29, 1.82) is 0 Å². The highest BCUT2D eigenvalue weighted by atomic mass is 16.4. The Morgan fingerprint density at radius 3 is 2.28 bits per heavy atom. The summed E-state index contributed by atoms with van der Waals surface area (Å²) in [7, 11) is 0. The molecule has 6 nitrogen and oxygen atoms in total. The predicted molar refractivity (Wildman–Crippen MR) is 158 cm³/mol. The molecule has 1 aromatic heterocycles. The molecule has 2 saturated carbocycles. The molecule has 0 amide bonds. The fraction of sp³-hybridized carbons (Fsp3) is 0.758. The van der Waals surface area contributed by atoms with Crippen LogP contribution in [0, 0.1) is 11.8 Å². The molecule has 4 heterocycles. The molecule has 3 aliphatic heterocycles. The van der Waals surface area contributed by atoms with Gasteiger partial charge in [-0.25, -0.2) is 4.98 Å². The number of aliphatic carboxylic acids is 1. The van der Waals surface area contributed by atoms with E-state index in [-0.39, 0.29) is 12.5 Å². The number of rotatable bonds is 7. The third kappa shape index (κ3) is 5.66. The fourth-order valence-electron chi connectivity index (χ4n) is 9.53. The maximum Gasteiger partial charge on any atom is 0.317 e. The standard InChI is InChI=1S/C33H50N4O2/c1-3-9-31-30(4-2)34-33(25-12-8-15-35(21-25)22-32(38)39)37(31)29-19-26-13-7-14-27(20-29)36(26)28-17-23-10-5-6-11-24(16-23)18-28/h3-4,9,23-29H,2,5-8,10-22H2,1H3,(H,38,39)/b9-3-/t23-,24+,25-,26-,27+,28?,29?/m0/s1. The first-order chi connectivity index (χ1) is 19.0. The minimum atomic E-state index is -0.733. The third-order valence-electron chi connectivity index (χ3n) is 10.9. The van der Waals surface area contributed by atoms with Crippen molar-refractivity contribution in [3.63, 3.8) is 0 Å². The molecule has 5 aliphatic rings. The summed E-state index contributed by atoms with van der Waals surface area (Å²) in [5, 5.41) is 9.44. The topological polar surface area (TPSA) is 61.6 Å². The van der Waals surface area contributed by atoms with Crippen LogP contribution in [0.1, 0.15) is 126 Å². The van der Waals surface area contributed by atoms with Crippen molar-refractivity contribution in [3.05, 3.63) is 29.9 Å². The van der Waals surface area contributed by atoms with Crippen molar-refractivity contribution in [3.8, 4) is 0 Å². The van der Waals surface area contributed by atoms with Crippen molar-refractivity contribution < 1.29 is 9.90 Å². The van der Waals surface area contributed by atoms with Crippen LogP contribution in [0.25, 0.3) is 12.2 Å². The van der Waals surface area contributed by atoms with Gasteiger partial charge in [0.1, 0.15) is 5.82 Å². The number of fused-ring (bicyclic) bond motifs is 4. The van der Waals surface area contributed by atoms with Gasteiger partial charge in [-0.1, -0.05) is 44.8 Å². The van der Waals surface area contributed by atoms with Crippen LogP contribution in [0.15, 0.2) is 12.7 Å². The number of hydrogen-bond acceptors (Lipinski definition) is 4. The van der Waals surface area contributed by atoms with E-state index >= 15 is 0 Å². The van der Waals surface area contributed by atoms with Crippen molar-refractivity contribution >= 4 is 18.1 Å². The van der Waals surface area contributed by atoms with Gasteiger partial charge in [-0.2, -0.15) is 0 Å². The molecule has 3 saturated heterocycles. The molecule has 39 heavy (non-hydrogen) atoms. The zero-order valence-electron chi connectivity index (χ0n) is 24.1. The van der Waals surface area contributed by atoms with Gasteiger partial charge < -0.3 is 9.67 Å². The number of carbonyl (C=O) groups is 1. The summed E-state index contributed by atoms with van der Waals surface area (Å²) in [6.07, 6.45) is 25.1. The van der Waals surface area contributed by atoms with Crippen LogP contribution in [0.5, 0.6) is 0 Å². The Morgan fingerprint density at radius 1 is 0.923 bits per heavy atom. The lowest BCUT2D eigenvalue weighted by molar-refractivity contribution is -0.138. The molecule has 1 aromatic rings. The Bertz CT molecular complexity index is 1030. The van der Waals surface area contributed by atoms with Crippen LogP contribution in [0.4, 0.5) is 0 Å². The molecule has 6 rings (SSSR count). The van der Waals surface area contributed by atoms with E-state index in [0.29, 0.717) is 18.1 Å². The minimum Gasteiger partial charge on any atom is -0.480 e. The van der Waals surface area contributed by atoms with E-state index in [0.717, 1.165) is 49.5 Å². The largest absolute Gasteiger partial charge is 0.480 e. The van der Waals surface area contributed by atoms with E-state index in [4.69, 9.17) is 4.98 Å². The number of allylic oxidation sites excluding steroid dienone is 1. The average molecular weight is 535 g/mol. The average Bonchev–Trinajstić information content (AvgIpc) is 3.19. The highest BCUT2D eigenvalue weighted by molar-refractivity contribution is 5.69. The molecule has 0 radical (unpaired) electrons. The molecular formula is C33H50N4O2. The van der Waals surface area contributed by atoms with E-state index in [1.54, 1.807) is 0 Å². The monoisotopic (exact) mass is 534 g/mol. The van der Waals surface area contributed by atoms with E-state index in [1.165, 1.54) is 88.6 Å². The van der Waals surface area contributed by atoms with Crippen LogP contribution in [-0.2, 0) is 4.79 Å². The zero-order valence-corrected chi connectivity index (χ0v) is 24.1. The summed E-state index contributed by atoms with van der Waals surface area (Å²) in [6.45, 7) is 8.00. The number of nitrogens with zero attached hydrogens (tertiary/aromatic N) is 4. The van der Waals surface area contributed by atoms with Crippen molar-refractivity contribution in [2.45, 2.75) is 127 Å². The summed E-state index contributed by atoms with van der Waals surface area (Å²) in [5.74, 6) is 2.64. The first kappa shape index (κ1) is 27.3. The minimum absolute atomic E-state index is 0.124. The van der Waals surface area contributed by atoms with Gasteiger partial charge >= 0.3 is 5.97 Å². The van der Waals surface area contributed by atoms with Gasteiger partial charge in [0, 0.05) is 36.6 Å². The Hall–Kier alpha value is -1.92. The number of carboxylic acids is 1. The van der Waals surface area contributed by atoms with Crippen LogP contribution < -0.4 is 0 Å². The molecular weight excluding hydrogens is 484 g/mol. The summed E-state index contributed by atoms with van der Waals surface area (Å²) in [6, 6.07) is 2.62. The molecule has 5 fully saturated rings. The van der Waals surface area contributed by atoms with Crippen LogP contribution in [0.2, 0.25) is 0 Å². The molecule has 2 unspecified atom stereocenters. The molecule has 6 heteroatoms. The number of piperidine rings is 3. The SMILES string of the molecule is C=Cc1nc([C@H]2CCCN(CC(=O)O)C2)n(C2C[C@H]3CCC[C@@H](C2)N3C2C[C@H]3CCCC[C@@H](C2)C3)c1/C=C\C. The lowest BCUT2D eigenvalue weighted by Crippen LogP contribution is -2.58. The Kier molecular flexibility index (Phi) is 8.32. The third-order valence-corrected chi connectivity index (χ3v) is 10.9. The van der Waals surface area contributed by atoms with Crippen molar-refractivity contribution in [1.82, 2.24) is 19.4 Å². The number of aromatic nitrogens is 2. The van der Waals surface area contributed by atoms with E-state index in [9.17, 15) is 9.90 Å². The van der Waals surface area contributed by atoms with Crippen molar-refractivity contribution in [2.24, 2.45) is 11.8 Å². The van der Waals surface area contributed by atoms with Gasteiger partial charge in [-0.05, 0) is 95.2 Å².